The first-order valence-corrected chi connectivity index (χ1v) is 5.65. The predicted molar refractivity (Wildman–Crippen MR) is 70.4 cm³/mol. The predicted octanol–water partition coefficient (Wildman–Crippen LogP) is 3.44. The van der Waals surface area contributed by atoms with Gasteiger partial charge in [0.05, 0.1) is 0 Å². The molecule has 1 N–H and O–H groups in total. The van der Waals surface area contributed by atoms with Crippen molar-refractivity contribution < 1.29 is 0 Å². The molecule has 0 spiro atoms. The summed E-state index contributed by atoms with van der Waals surface area (Å²) in [6.07, 6.45) is 2.01. The van der Waals surface area contributed by atoms with Crippen LogP contribution < -0.4 is 5.32 Å². The van der Waals surface area contributed by atoms with Crippen LogP contribution in [0.3, 0.4) is 0 Å². The van der Waals surface area contributed by atoms with Crippen molar-refractivity contribution in [3.8, 4) is 0 Å². The van der Waals surface area contributed by atoms with Crippen molar-refractivity contribution in [2.24, 2.45) is 0 Å². The van der Waals surface area contributed by atoms with Gasteiger partial charge in [0.2, 0.25) is 0 Å². The number of hydrogen-bond donors (Lipinski definition) is 2. The molecule has 0 aliphatic rings. The number of thiol groups is 1. The van der Waals surface area contributed by atoms with Gasteiger partial charge in [0.1, 0.15) is 4.32 Å². The topological polar surface area (TPSA) is 12.0 Å². The average Bonchev–Trinajstić information content (AvgIpc) is 2.17. The molecule has 14 heavy (non-hydrogen) atoms. The second kappa shape index (κ2) is 5.37. The molecule has 0 aliphatic carbocycles. The molecule has 0 radical (unpaired) electrons. The quantitative estimate of drug-likeness (QED) is 0.604. The fraction of sp³-hybridized carbons (Fsp3) is 0.364. The van der Waals surface area contributed by atoms with Crippen LogP contribution in [-0.2, 0) is 12.8 Å². The monoisotopic (exact) mass is 225 g/mol. The van der Waals surface area contributed by atoms with E-state index in [1.165, 1.54) is 11.1 Å². The van der Waals surface area contributed by atoms with E-state index in [2.05, 4.69) is 50.0 Å². The summed E-state index contributed by atoms with van der Waals surface area (Å²) >= 11 is 9.05. The van der Waals surface area contributed by atoms with Crippen molar-refractivity contribution in [1.29, 1.82) is 0 Å². The zero-order valence-corrected chi connectivity index (χ0v) is 10.2. The Morgan fingerprint density at radius 2 is 1.79 bits per heavy atom. The van der Waals surface area contributed by atoms with Crippen LogP contribution in [0.1, 0.15) is 25.0 Å². The van der Waals surface area contributed by atoms with Crippen LogP contribution in [0.25, 0.3) is 0 Å². The first-order valence-electron chi connectivity index (χ1n) is 4.79. The van der Waals surface area contributed by atoms with Crippen molar-refractivity contribution in [2.45, 2.75) is 26.7 Å². The smallest absolute Gasteiger partial charge is 0.135 e. The Hall–Kier alpha value is -0.540. The Bertz CT molecular complexity index is 312. The highest BCUT2D eigenvalue weighted by molar-refractivity contribution is 8.11. The van der Waals surface area contributed by atoms with E-state index in [0.717, 1.165) is 18.5 Å². The number of aryl methyl sites for hydroxylation is 2. The molecule has 0 aromatic heterocycles. The van der Waals surface area contributed by atoms with E-state index >= 15 is 0 Å². The summed E-state index contributed by atoms with van der Waals surface area (Å²) in [6, 6.07) is 6.32. The van der Waals surface area contributed by atoms with Gasteiger partial charge >= 0.3 is 0 Å². The maximum Gasteiger partial charge on any atom is 0.135 e. The Kier molecular flexibility index (Phi) is 4.42. The highest BCUT2D eigenvalue weighted by Crippen LogP contribution is 2.22. The molecule has 0 amide bonds. The Balaban J connectivity index is 3.12. The second-order valence-electron chi connectivity index (χ2n) is 3.09. The molecule has 0 saturated heterocycles. The minimum Gasteiger partial charge on any atom is -0.341 e. The van der Waals surface area contributed by atoms with Gasteiger partial charge in [-0.1, -0.05) is 44.3 Å². The number of hydrogen-bond acceptors (Lipinski definition) is 1. The summed E-state index contributed by atoms with van der Waals surface area (Å²) < 4.78 is 0.528. The summed E-state index contributed by atoms with van der Waals surface area (Å²) in [5.41, 5.74) is 3.72. The highest BCUT2D eigenvalue weighted by atomic mass is 32.1. The van der Waals surface area contributed by atoms with Crippen LogP contribution in [0.4, 0.5) is 5.69 Å². The zero-order valence-electron chi connectivity index (χ0n) is 8.50. The number of thiocarbonyl (C=S) groups is 1. The van der Waals surface area contributed by atoms with E-state index in [1.54, 1.807) is 0 Å². The Labute approximate surface area is 96.3 Å². The largest absolute Gasteiger partial charge is 0.341 e. The molecule has 0 heterocycles. The van der Waals surface area contributed by atoms with Crippen LogP contribution in [-0.4, -0.2) is 4.32 Å². The van der Waals surface area contributed by atoms with E-state index in [1.807, 2.05) is 0 Å². The fourth-order valence-electron chi connectivity index (χ4n) is 1.51. The molecule has 1 rings (SSSR count). The zero-order chi connectivity index (χ0) is 10.6. The lowest BCUT2D eigenvalue weighted by atomic mass is 10.0. The van der Waals surface area contributed by atoms with Gasteiger partial charge in [-0.2, -0.15) is 0 Å². The Morgan fingerprint density at radius 3 is 2.14 bits per heavy atom. The molecule has 0 fully saturated rings. The Morgan fingerprint density at radius 1 is 1.29 bits per heavy atom. The lowest BCUT2D eigenvalue weighted by Crippen LogP contribution is -2.06. The third-order valence-corrected chi connectivity index (χ3v) is 2.44. The normalized spacial score (nSPS) is 9.93. The average molecular weight is 225 g/mol. The number of anilines is 1. The second-order valence-corrected chi connectivity index (χ2v) is 4.25. The molecule has 3 heteroatoms. The van der Waals surface area contributed by atoms with Gasteiger partial charge in [-0.3, -0.25) is 0 Å². The summed E-state index contributed by atoms with van der Waals surface area (Å²) in [4.78, 5) is 0. The number of benzene rings is 1. The van der Waals surface area contributed by atoms with Gasteiger partial charge in [-0.05, 0) is 24.0 Å². The van der Waals surface area contributed by atoms with Gasteiger partial charge in [0, 0.05) is 5.69 Å². The highest BCUT2D eigenvalue weighted by Gasteiger charge is 2.05. The SMILES string of the molecule is CCc1cccc(CC)c1NC(=S)S. The molecule has 76 valence electrons. The summed E-state index contributed by atoms with van der Waals surface area (Å²) in [6.45, 7) is 4.28. The van der Waals surface area contributed by atoms with E-state index < -0.39 is 0 Å². The minimum atomic E-state index is 0.528. The maximum atomic E-state index is 4.95. The third kappa shape index (κ3) is 2.72. The molecule has 1 aromatic rings. The molecular formula is C11H15NS2. The number of rotatable bonds is 3. The van der Waals surface area contributed by atoms with Gasteiger partial charge < -0.3 is 5.32 Å². The van der Waals surface area contributed by atoms with Gasteiger partial charge in [0.25, 0.3) is 0 Å². The molecule has 0 saturated carbocycles. The van der Waals surface area contributed by atoms with Gasteiger partial charge in [-0.15, -0.1) is 12.6 Å². The van der Waals surface area contributed by atoms with Crippen molar-refractivity contribution in [1.82, 2.24) is 0 Å². The molecule has 0 atom stereocenters. The van der Waals surface area contributed by atoms with E-state index in [-0.39, 0.29) is 0 Å². The van der Waals surface area contributed by atoms with Crippen LogP contribution >= 0.6 is 24.8 Å². The van der Waals surface area contributed by atoms with E-state index in [9.17, 15) is 0 Å². The van der Waals surface area contributed by atoms with Crippen molar-refractivity contribution >= 4 is 34.9 Å². The van der Waals surface area contributed by atoms with Crippen molar-refractivity contribution in [2.75, 3.05) is 5.32 Å². The number of nitrogens with one attached hydrogen (secondary N) is 1. The van der Waals surface area contributed by atoms with Crippen molar-refractivity contribution in [3.05, 3.63) is 29.3 Å². The van der Waals surface area contributed by atoms with E-state index in [0.29, 0.717) is 4.32 Å². The first kappa shape index (κ1) is 11.5. The molecule has 1 aromatic carbocycles. The lowest BCUT2D eigenvalue weighted by Gasteiger charge is -2.13. The van der Waals surface area contributed by atoms with Gasteiger partial charge in [0.15, 0.2) is 0 Å². The number of para-hydroxylation sites is 1. The fourth-order valence-corrected chi connectivity index (χ4v) is 1.72. The summed E-state index contributed by atoms with van der Waals surface area (Å²) in [5, 5.41) is 3.14. The lowest BCUT2D eigenvalue weighted by molar-refractivity contribution is 1.09. The maximum absolute atomic E-state index is 4.95. The van der Waals surface area contributed by atoms with Crippen molar-refractivity contribution in [3.63, 3.8) is 0 Å². The summed E-state index contributed by atoms with van der Waals surface area (Å²) in [7, 11) is 0. The minimum absolute atomic E-state index is 0.528. The standard InChI is InChI=1S/C11H15NS2/c1-3-8-6-5-7-9(4-2)10(8)12-11(13)14/h5-7H,3-4H2,1-2H3,(H2,12,13,14). The van der Waals surface area contributed by atoms with Crippen LogP contribution in [0.15, 0.2) is 18.2 Å². The summed E-state index contributed by atoms with van der Waals surface area (Å²) in [5.74, 6) is 0. The van der Waals surface area contributed by atoms with Gasteiger partial charge in [-0.25, -0.2) is 0 Å². The molecule has 0 aliphatic heterocycles. The van der Waals surface area contributed by atoms with Crippen LogP contribution in [0, 0.1) is 0 Å². The molecule has 1 nitrogen and oxygen atoms in total. The third-order valence-electron chi connectivity index (χ3n) is 2.23. The molecule has 0 bridgehead atoms. The molecular weight excluding hydrogens is 210 g/mol. The first-order chi connectivity index (χ1) is 6.69. The van der Waals surface area contributed by atoms with Crippen LogP contribution in [0.2, 0.25) is 0 Å². The van der Waals surface area contributed by atoms with E-state index in [4.69, 9.17) is 12.2 Å². The van der Waals surface area contributed by atoms with Crippen LogP contribution in [0.5, 0.6) is 0 Å². The molecule has 0 unspecified atom stereocenters.